The van der Waals surface area contributed by atoms with E-state index in [1.54, 1.807) is 16.7 Å². The van der Waals surface area contributed by atoms with E-state index in [2.05, 4.69) is 25.7 Å². The smallest absolute Gasteiger partial charge is 0.277 e. The Kier molecular flexibility index (Phi) is 4.89. The second-order valence-electron chi connectivity index (χ2n) is 6.90. The van der Waals surface area contributed by atoms with Crippen LogP contribution in [-0.4, -0.2) is 35.0 Å². The fraction of sp³-hybridized carbons (Fsp3) is 0.0455. The van der Waals surface area contributed by atoms with Crippen molar-refractivity contribution in [1.82, 2.24) is 35.0 Å². The number of H-pyrrole nitrogens is 1. The second-order valence-corrected chi connectivity index (χ2v) is 7.30. The number of nitrogens with zero attached hydrogens (tertiary/aromatic N) is 6. The Balaban J connectivity index is 1.42. The zero-order valence-electron chi connectivity index (χ0n) is 16.2. The number of nitrogens with one attached hydrogen (secondary N) is 1. The van der Waals surface area contributed by atoms with E-state index in [9.17, 15) is 4.79 Å². The highest BCUT2D eigenvalue weighted by atomic mass is 35.5. The SMILES string of the molecule is O=c1n(Cc2ccc(-c3ccccc3-c3nnn[nH]3)cc2)cnn1-c1ccccc1Cl. The third-order valence-corrected chi connectivity index (χ3v) is 5.28. The largest absolute Gasteiger partial charge is 0.350 e. The average molecular weight is 430 g/mol. The molecule has 1 N–H and O–H groups in total. The second kappa shape index (κ2) is 8.00. The molecular formula is C22H16ClN7O. The van der Waals surface area contributed by atoms with E-state index in [1.807, 2.05) is 60.7 Å². The number of halogens is 1. The maximum Gasteiger partial charge on any atom is 0.350 e. The zero-order chi connectivity index (χ0) is 21.2. The summed E-state index contributed by atoms with van der Waals surface area (Å²) in [4.78, 5) is 12.8. The molecule has 3 aromatic carbocycles. The molecule has 2 heterocycles. The van der Waals surface area contributed by atoms with Gasteiger partial charge in [-0.05, 0) is 39.2 Å². The topological polar surface area (TPSA) is 94.3 Å². The van der Waals surface area contributed by atoms with Gasteiger partial charge in [-0.2, -0.15) is 9.78 Å². The zero-order valence-corrected chi connectivity index (χ0v) is 16.9. The van der Waals surface area contributed by atoms with Gasteiger partial charge in [0.15, 0.2) is 5.82 Å². The Morgan fingerprint density at radius 2 is 1.65 bits per heavy atom. The summed E-state index contributed by atoms with van der Waals surface area (Å²) < 4.78 is 2.85. The molecule has 0 aliphatic carbocycles. The molecule has 0 fully saturated rings. The Morgan fingerprint density at radius 3 is 2.39 bits per heavy atom. The quantitative estimate of drug-likeness (QED) is 0.460. The van der Waals surface area contributed by atoms with Crippen LogP contribution in [0.2, 0.25) is 5.02 Å². The van der Waals surface area contributed by atoms with Crippen molar-refractivity contribution in [2.24, 2.45) is 0 Å². The minimum absolute atomic E-state index is 0.250. The van der Waals surface area contributed by atoms with Gasteiger partial charge in [-0.15, -0.1) is 5.10 Å². The van der Waals surface area contributed by atoms with Crippen LogP contribution in [-0.2, 0) is 6.54 Å². The first kappa shape index (κ1) is 19.0. The van der Waals surface area contributed by atoms with Gasteiger partial charge >= 0.3 is 5.69 Å². The molecule has 2 aromatic heterocycles. The number of para-hydroxylation sites is 1. The normalized spacial score (nSPS) is 11.0. The van der Waals surface area contributed by atoms with Gasteiger partial charge in [0.25, 0.3) is 0 Å². The minimum Gasteiger partial charge on any atom is -0.277 e. The van der Waals surface area contributed by atoms with Gasteiger partial charge in [-0.3, -0.25) is 4.57 Å². The molecule has 0 unspecified atom stereocenters. The highest BCUT2D eigenvalue weighted by Gasteiger charge is 2.12. The Bertz CT molecular complexity index is 1390. The standard InChI is InChI=1S/C22H16ClN7O/c23-19-7-3-4-8-20(19)30-22(31)29(14-24-30)13-15-9-11-16(12-10-15)17-5-1-2-6-18(17)21-25-27-28-26-21/h1-12,14H,13H2,(H,25,26,27,28). The van der Waals surface area contributed by atoms with Crippen LogP contribution in [0.5, 0.6) is 0 Å². The van der Waals surface area contributed by atoms with Crippen LogP contribution < -0.4 is 5.69 Å². The first-order valence-electron chi connectivity index (χ1n) is 9.52. The lowest BCUT2D eigenvalue weighted by Gasteiger charge is -2.08. The number of aromatic amines is 1. The van der Waals surface area contributed by atoms with Gasteiger partial charge in [-0.1, -0.05) is 72.3 Å². The summed E-state index contributed by atoms with van der Waals surface area (Å²) >= 11 is 6.20. The Morgan fingerprint density at radius 1 is 0.903 bits per heavy atom. The van der Waals surface area contributed by atoms with Crippen molar-refractivity contribution in [3.8, 4) is 28.2 Å². The van der Waals surface area contributed by atoms with E-state index in [-0.39, 0.29) is 5.69 Å². The number of hydrogen-bond donors (Lipinski definition) is 1. The van der Waals surface area contributed by atoms with Gasteiger partial charge in [0.05, 0.1) is 17.3 Å². The monoisotopic (exact) mass is 429 g/mol. The number of aromatic nitrogens is 7. The third kappa shape index (κ3) is 3.64. The van der Waals surface area contributed by atoms with Gasteiger partial charge in [0.1, 0.15) is 6.33 Å². The molecule has 0 aliphatic heterocycles. The van der Waals surface area contributed by atoms with Gasteiger partial charge in [0.2, 0.25) is 0 Å². The van der Waals surface area contributed by atoms with E-state index in [1.165, 1.54) is 11.0 Å². The van der Waals surface area contributed by atoms with E-state index in [0.29, 0.717) is 23.1 Å². The molecule has 31 heavy (non-hydrogen) atoms. The number of tetrazole rings is 1. The molecular weight excluding hydrogens is 414 g/mol. The van der Waals surface area contributed by atoms with Gasteiger partial charge in [-0.25, -0.2) is 9.89 Å². The van der Waals surface area contributed by atoms with Crippen molar-refractivity contribution < 1.29 is 0 Å². The van der Waals surface area contributed by atoms with Crippen LogP contribution in [0.1, 0.15) is 5.56 Å². The molecule has 0 amide bonds. The highest BCUT2D eigenvalue weighted by molar-refractivity contribution is 6.32. The predicted molar refractivity (Wildman–Crippen MR) is 117 cm³/mol. The Labute approximate surface area is 181 Å². The summed E-state index contributed by atoms with van der Waals surface area (Å²) in [6.45, 7) is 0.400. The van der Waals surface area contributed by atoms with Gasteiger partial charge < -0.3 is 0 Å². The van der Waals surface area contributed by atoms with Crippen molar-refractivity contribution in [2.75, 3.05) is 0 Å². The van der Waals surface area contributed by atoms with Gasteiger partial charge in [0, 0.05) is 5.56 Å². The minimum atomic E-state index is -0.250. The van der Waals surface area contributed by atoms with E-state index in [0.717, 1.165) is 22.3 Å². The van der Waals surface area contributed by atoms with Crippen LogP contribution in [0.15, 0.2) is 83.9 Å². The summed E-state index contributed by atoms with van der Waals surface area (Å²) in [6.07, 6.45) is 1.52. The lowest BCUT2D eigenvalue weighted by molar-refractivity contribution is 0.738. The molecule has 8 nitrogen and oxygen atoms in total. The van der Waals surface area contributed by atoms with Crippen molar-refractivity contribution in [2.45, 2.75) is 6.54 Å². The van der Waals surface area contributed by atoms with E-state index < -0.39 is 0 Å². The lowest BCUT2D eigenvalue weighted by atomic mass is 9.98. The maximum atomic E-state index is 12.8. The Hall–Kier alpha value is -4.04. The van der Waals surface area contributed by atoms with Crippen LogP contribution in [0, 0.1) is 0 Å². The van der Waals surface area contributed by atoms with Crippen molar-refractivity contribution >= 4 is 11.6 Å². The molecule has 0 atom stereocenters. The van der Waals surface area contributed by atoms with Crippen LogP contribution in [0.4, 0.5) is 0 Å². The third-order valence-electron chi connectivity index (χ3n) is 4.96. The fourth-order valence-corrected chi connectivity index (χ4v) is 3.65. The molecule has 0 aliphatic rings. The van der Waals surface area contributed by atoms with Crippen molar-refractivity contribution in [3.05, 3.63) is 100 Å². The van der Waals surface area contributed by atoms with E-state index >= 15 is 0 Å². The maximum absolute atomic E-state index is 12.8. The summed E-state index contributed by atoms with van der Waals surface area (Å²) in [5.74, 6) is 0.609. The number of benzene rings is 3. The molecule has 0 spiro atoms. The first-order chi connectivity index (χ1) is 15.2. The van der Waals surface area contributed by atoms with Crippen molar-refractivity contribution in [1.29, 1.82) is 0 Å². The van der Waals surface area contributed by atoms with Crippen LogP contribution in [0.25, 0.3) is 28.2 Å². The summed E-state index contributed by atoms with van der Waals surface area (Å²) in [5.41, 5.74) is 4.23. The van der Waals surface area contributed by atoms with Crippen molar-refractivity contribution in [3.63, 3.8) is 0 Å². The summed E-state index contributed by atoms with van der Waals surface area (Å²) in [6, 6.07) is 23.0. The number of hydrogen-bond acceptors (Lipinski definition) is 5. The predicted octanol–water partition coefficient (Wildman–Crippen LogP) is 3.58. The molecule has 5 rings (SSSR count). The number of rotatable bonds is 5. The summed E-state index contributed by atoms with van der Waals surface area (Å²) in [5, 5.41) is 18.8. The molecule has 0 saturated heterocycles. The van der Waals surface area contributed by atoms with Crippen LogP contribution in [0.3, 0.4) is 0 Å². The fourth-order valence-electron chi connectivity index (χ4n) is 3.43. The average Bonchev–Trinajstić information content (AvgIpc) is 3.46. The lowest BCUT2D eigenvalue weighted by Crippen LogP contribution is -2.24. The molecule has 0 bridgehead atoms. The molecule has 9 heteroatoms. The first-order valence-corrected chi connectivity index (χ1v) is 9.90. The summed E-state index contributed by atoms with van der Waals surface area (Å²) in [7, 11) is 0. The highest BCUT2D eigenvalue weighted by Crippen LogP contribution is 2.29. The van der Waals surface area contributed by atoms with E-state index in [4.69, 9.17) is 11.6 Å². The molecule has 5 aromatic rings. The van der Waals surface area contributed by atoms with Crippen LogP contribution >= 0.6 is 11.6 Å². The molecule has 0 saturated carbocycles. The molecule has 152 valence electrons. The molecule has 0 radical (unpaired) electrons.